The average molecular weight is 489 g/mol. The first-order chi connectivity index (χ1) is 17.2. The van der Waals surface area contributed by atoms with E-state index in [4.69, 9.17) is 0 Å². The van der Waals surface area contributed by atoms with Crippen molar-refractivity contribution in [3.8, 4) is 0 Å². The summed E-state index contributed by atoms with van der Waals surface area (Å²) in [6.45, 7) is 1.14. The number of benzene rings is 2. The lowest BCUT2D eigenvalue weighted by Crippen LogP contribution is -2.34. The van der Waals surface area contributed by atoms with Crippen molar-refractivity contribution in [2.45, 2.75) is 56.9 Å². The van der Waals surface area contributed by atoms with Crippen LogP contribution in [0, 0.1) is 0 Å². The van der Waals surface area contributed by atoms with Crippen molar-refractivity contribution in [1.82, 2.24) is 19.7 Å². The molecule has 1 saturated carbocycles. The molecule has 0 saturated heterocycles. The second kappa shape index (κ2) is 11.1. The summed E-state index contributed by atoms with van der Waals surface area (Å²) in [5.41, 5.74) is 2.45. The van der Waals surface area contributed by atoms with Gasteiger partial charge in [0, 0.05) is 34.6 Å². The Morgan fingerprint density at radius 1 is 1.00 bits per heavy atom. The number of thioether (sulfide) groups is 1. The number of amides is 1. The van der Waals surface area contributed by atoms with Gasteiger partial charge in [-0.25, -0.2) is 4.68 Å². The Morgan fingerprint density at radius 2 is 1.77 bits per heavy atom. The van der Waals surface area contributed by atoms with E-state index in [-0.39, 0.29) is 18.0 Å². The van der Waals surface area contributed by atoms with Crippen LogP contribution in [-0.4, -0.2) is 37.8 Å². The summed E-state index contributed by atoms with van der Waals surface area (Å²) >= 11 is 2.04. The zero-order valence-corrected chi connectivity index (χ0v) is 20.8. The normalized spacial score (nSPS) is 14.5. The van der Waals surface area contributed by atoms with Crippen LogP contribution in [0.15, 0.2) is 65.6 Å². The molecule has 0 radical (unpaired) electrons. The Hall–Kier alpha value is -3.06. The SMILES string of the molecule is O=C(Cn1ncc2c3ccccc3n(Cc3ccccc3)c2c1=O)NCCCSC1CCCCC1. The lowest BCUT2D eigenvalue weighted by molar-refractivity contribution is -0.121. The molecule has 1 fully saturated rings. The van der Waals surface area contributed by atoms with Crippen LogP contribution in [0.1, 0.15) is 44.1 Å². The largest absolute Gasteiger partial charge is 0.354 e. The first-order valence-electron chi connectivity index (χ1n) is 12.6. The van der Waals surface area contributed by atoms with Gasteiger partial charge in [0.2, 0.25) is 5.91 Å². The van der Waals surface area contributed by atoms with Gasteiger partial charge < -0.3 is 9.88 Å². The zero-order valence-electron chi connectivity index (χ0n) is 20.0. The van der Waals surface area contributed by atoms with Crippen LogP contribution in [0.25, 0.3) is 21.8 Å². The molecule has 2 aromatic carbocycles. The predicted molar refractivity (Wildman–Crippen MR) is 144 cm³/mol. The third kappa shape index (κ3) is 5.45. The summed E-state index contributed by atoms with van der Waals surface area (Å²) in [5, 5.41) is 9.92. The molecule has 1 N–H and O–H groups in total. The second-order valence-corrected chi connectivity index (χ2v) is 10.7. The molecular weight excluding hydrogens is 456 g/mol. The van der Waals surface area contributed by atoms with Crippen molar-refractivity contribution in [2.24, 2.45) is 0 Å². The smallest absolute Gasteiger partial charge is 0.291 e. The van der Waals surface area contributed by atoms with E-state index < -0.39 is 0 Å². The van der Waals surface area contributed by atoms with Crippen molar-refractivity contribution < 1.29 is 4.79 Å². The van der Waals surface area contributed by atoms with Crippen LogP contribution in [0.5, 0.6) is 0 Å². The molecule has 4 aromatic rings. The fourth-order valence-electron chi connectivity index (χ4n) is 5.01. The van der Waals surface area contributed by atoms with Crippen molar-refractivity contribution >= 4 is 39.5 Å². The number of carbonyl (C=O) groups is 1. The molecule has 0 bridgehead atoms. The Labute approximate surface area is 209 Å². The summed E-state index contributed by atoms with van der Waals surface area (Å²) in [7, 11) is 0. The third-order valence-electron chi connectivity index (χ3n) is 6.80. The molecule has 6 nitrogen and oxygen atoms in total. The van der Waals surface area contributed by atoms with Crippen molar-refractivity contribution in [1.29, 1.82) is 0 Å². The highest BCUT2D eigenvalue weighted by Gasteiger charge is 2.17. The monoisotopic (exact) mass is 488 g/mol. The van der Waals surface area contributed by atoms with E-state index in [1.54, 1.807) is 6.20 Å². The topological polar surface area (TPSA) is 68.9 Å². The van der Waals surface area contributed by atoms with E-state index >= 15 is 0 Å². The molecule has 1 aliphatic rings. The Kier molecular flexibility index (Phi) is 7.52. The summed E-state index contributed by atoms with van der Waals surface area (Å²) in [4.78, 5) is 26.1. The molecule has 2 heterocycles. The van der Waals surface area contributed by atoms with Crippen LogP contribution < -0.4 is 10.9 Å². The number of hydrogen-bond donors (Lipinski definition) is 1. The van der Waals surface area contributed by atoms with Gasteiger partial charge in [-0.05, 0) is 36.6 Å². The number of fused-ring (bicyclic) bond motifs is 3. The molecule has 182 valence electrons. The summed E-state index contributed by atoms with van der Waals surface area (Å²) < 4.78 is 3.33. The number of aromatic nitrogens is 3. The maximum absolute atomic E-state index is 13.5. The molecule has 0 atom stereocenters. The fraction of sp³-hybridized carbons (Fsp3) is 0.393. The molecule has 1 amide bonds. The van der Waals surface area contributed by atoms with E-state index in [1.807, 2.05) is 58.8 Å². The van der Waals surface area contributed by atoms with Crippen LogP contribution in [0.3, 0.4) is 0 Å². The molecule has 0 aliphatic heterocycles. The summed E-state index contributed by atoms with van der Waals surface area (Å²) in [6.07, 6.45) is 9.40. The van der Waals surface area contributed by atoms with Crippen molar-refractivity contribution in [3.05, 3.63) is 76.7 Å². The lowest BCUT2D eigenvalue weighted by Gasteiger charge is -2.20. The number of rotatable bonds is 9. The van der Waals surface area contributed by atoms with Gasteiger partial charge in [0.1, 0.15) is 12.1 Å². The molecule has 5 rings (SSSR count). The van der Waals surface area contributed by atoms with E-state index in [0.29, 0.717) is 18.6 Å². The lowest BCUT2D eigenvalue weighted by atomic mass is 10.0. The molecule has 0 spiro atoms. The standard InChI is InChI=1S/C28H32N4O2S/c33-26(29-16-9-17-35-22-12-5-2-6-13-22)20-32-28(34)27-24(18-30-32)23-14-7-8-15-25(23)31(27)19-21-10-3-1-4-11-21/h1,3-4,7-8,10-11,14-15,18,22H,2,5-6,9,12-13,16-17,19-20H2,(H,29,33). The third-order valence-corrected chi connectivity index (χ3v) is 8.27. The average Bonchev–Trinajstić information content (AvgIpc) is 3.21. The van der Waals surface area contributed by atoms with Gasteiger partial charge in [-0.3, -0.25) is 9.59 Å². The van der Waals surface area contributed by atoms with Gasteiger partial charge in [0.15, 0.2) is 0 Å². The highest BCUT2D eigenvalue weighted by atomic mass is 32.2. The van der Waals surface area contributed by atoms with E-state index in [0.717, 1.165) is 39.3 Å². The maximum Gasteiger partial charge on any atom is 0.291 e. The number of carbonyl (C=O) groups excluding carboxylic acids is 1. The fourth-order valence-corrected chi connectivity index (χ4v) is 6.32. The first-order valence-corrected chi connectivity index (χ1v) is 13.6. The van der Waals surface area contributed by atoms with Crippen LogP contribution in [0.2, 0.25) is 0 Å². The molecule has 7 heteroatoms. The predicted octanol–water partition coefficient (Wildman–Crippen LogP) is 4.97. The van der Waals surface area contributed by atoms with Gasteiger partial charge >= 0.3 is 0 Å². The van der Waals surface area contributed by atoms with Gasteiger partial charge in [-0.2, -0.15) is 16.9 Å². The molecule has 0 unspecified atom stereocenters. The minimum atomic E-state index is -0.238. The molecule has 1 aliphatic carbocycles. The second-order valence-electron chi connectivity index (χ2n) is 9.29. The first kappa shape index (κ1) is 23.7. The van der Waals surface area contributed by atoms with Gasteiger partial charge in [-0.15, -0.1) is 0 Å². The highest BCUT2D eigenvalue weighted by molar-refractivity contribution is 7.99. The van der Waals surface area contributed by atoms with E-state index in [1.165, 1.54) is 36.8 Å². The van der Waals surface area contributed by atoms with Gasteiger partial charge in [0.05, 0.1) is 6.20 Å². The quantitative estimate of drug-likeness (QED) is 0.338. The van der Waals surface area contributed by atoms with Crippen LogP contribution in [0.4, 0.5) is 0 Å². The van der Waals surface area contributed by atoms with E-state index in [9.17, 15) is 9.59 Å². The number of para-hydroxylation sites is 1. The van der Waals surface area contributed by atoms with Crippen LogP contribution in [-0.2, 0) is 17.9 Å². The minimum Gasteiger partial charge on any atom is -0.354 e. The van der Waals surface area contributed by atoms with Gasteiger partial charge in [-0.1, -0.05) is 67.8 Å². The van der Waals surface area contributed by atoms with Gasteiger partial charge in [0.25, 0.3) is 5.56 Å². The van der Waals surface area contributed by atoms with E-state index in [2.05, 4.69) is 22.5 Å². The highest BCUT2D eigenvalue weighted by Crippen LogP contribution is 2.29. The Morgan fingerprint density at radius 3 is 2.60 bits per heavy atom. The summed E-state index contributed by atoms with van der Waals surface area (Å²) in [5.74, 6) is 0.890. The number of nitrogens with one attached hydrogen (secondary N) is 1. The number of nitrogens with zero attached hydrogens (tertiary/aromatic N) is 3. The zero-order chi connectivity index (χ0) is 24.0. The van der Waals surface area contributed by atoms with Crippen molar-refractivity contribution in [2.75, 3.05) is 12.3 Å². The Bertz CT molecular complexity index is 1360. The Balaban J connectivity index is 1.29. The molecule has 2 aromatic heterocycles. The van der Waals surface area contributed by atoms with Crippen LogP contribution >= 0.6 is 11.8 Å². The summed E-state index contributed by atoms with van der Waals surface area (Å²) in [6, 6.07) is 18.1. The number of hydrogen-bond acceptors (Lipinski definition) is 4. The maximum atomic E-state index is 13.5. The molecular formula is C28H32N4O2S. The van der Waals surface area contributed by atoms with Crippen molar-refractivity contribution in [3.63, 3.8) is 0 Å². The minimum absolute atomic E-state index is 0.0720. The molecule has 35 heavy (non-hydrogen) atoms.